The molecule has 0 aromatic carbocycles. The third-order valence-corrected chi connectivity index (χ3v) is 2.33. The number of hydrogen-bond acceptors (Lipinski definition) is 2. The maximum Gasteiger partial charge on any atom is 0.189 e. The lowest BCUT2D eigenvalue weighted by Gasteiger charge is -1.97. The van der Waals surface area contributed by atoms with Crippen LogP contribution in [0.15, 0.2) is 0 Å². The van der Waals surface area contributed by atoms with Gasteiger partial charge in [-0.3, -0.25) is 4.57 Å². The van der Waals surface area contributed by atoms with Gasteiger partial charge in [-0.2, -0.15) is 0 Å². The highest BCUT2D eigenvalue weighted by Crippen LogP contribution is 2.16. The number of rotatable bonds is 7. The highest BCUT2D eigenvalue weighted by molar-refractivity contribution is 7.37. The standard InChI is InChI=1S/C7H17O3P/c8-6-4-2-1-3-5-7-11(9)10/h8,11H,1-7H2,(H,9,10). The smallest absolute Gasteiger partial charge is 0.189 e. The molecule has 0 aliphatic rings. The first kappa shape index (κ1) is 11.2. The Bertz CT molecular complexity index is 106. The monoisotopic (exact) mass is 180 g/mol. The average molecular weight is 180 g/mol. The summed E-state index contributed by atoms with van der Waals surface area (Å²) >= 11 is 0. The fraction of sp³-hybridized carbons (Fsp3) is 1.00. The topological polar surface area (TPSA) is 57.5 Å². The quantitative estimate of drug-likeness (QED) is 0.460. The maximum atomic E-state index is 10.2. The van der Waals surface area contributed by atoms with Gasteiger partial charge in [0.05, 0.1) is 0 Å². The van der Waals surface area contributed by atoms with Gasteiger partial charge in [0.15, 0.2) is 8.03 Å². The Morgan fingerprint density at radius 1 is 1.00 bits per heavy atom. The summed E-state index contributed by atoms with van der Waals surface area (Å²) < 4.78 is 10.2. The van der Waals surface area contributed by atoms with Crippen LogP contribution >= 0.6 is 8.03 Å². The zero-order chi connectivity index (χ0) is 8.53. The minimum Gasteiger partial charge on any atom is -0.396 e. The zero-order valence-corrected chi connectivity index (χ0v) is 7.75. The predicted octanol–water partition coefficient (Wildman–Crippen LogP) is 1.40. The summed E-state index contributed by atoms with van der Waals surface area (Å²) in [6.45, 7) is 0.261. The lowest BCUT2D eigenvalue weighted by Crippen LogP contribution is -1.84. The van der Waals surface area contributed by atoms with Crippen molar-refractivity contribution < 1.29 is 14.6 Å². The number of hydrogen-bond donors (Lipinski definition) is 2. The highest BCUT2D eigenvalue weighted by atomic mass is 31.1. The molecule has 4 heteroatoms. The Morgan fingerprint density at radius 3 is 2.09 bits per heavy atom. The van der Waals surface area contributed by atoms with Crippen molar-refractivity contribution in [3.63, 3.8) is 0 Å². The van der Waals surface area contributed by atoms with E-state index in [9.17, 15) is 4.57 Å². The van der Waals surface area contributed by atoms with Gasteiger partial charge in [0, 0.05) is 12.8 Å². The summed E-state index contributed by atoms with van der Waals surface area (Å²) in [6.07, 6.45) is 5.27. The second-order valence-electron chi connectivity index (χ2n) is 2.64. The molecule has 0 aromatic rings. The van der Waals surface area contributed by atoms with E-state index < -0.39 is 8.03 Å². The predicted molar refractivity (Wildman–Crippen MR) is 46.3 cm³/mol. The first-order valence-electron chi connectivity index (χ1n) is 4.10. The van der Waals surface area contributed by atoms with Crippen molar-refractivity contribution in [3.8, 4) is 0 Å². The van der Waals surface area contributed by atoms with Gasteiger partial charge in [0.2, 0.25) is 0 Å². The Labute approximate surface area is 68.3 Å². The van der Waals surface area contributed by atoms with Crippen LogP contribution in [0.4, 0.5) is 0 Å². The Hall–Kier alpha value is 0.150. The molecule has 0 rings (SSSR count). The van der Waals surface area contributed by atoms with E-state index in [-0.39, 0.29) is 6.61 Å². The van der Waals surface area contributed by atoms with E-state index in [0.717, 1.165) is 32.1 Å². The zero-order valence-electron chi connectivity index (χ0n) is 6.75. The van der Waals surface area contributed by atoms with E-state index in [4.69, 9.17) is 10.00 Å². The van der Waals surface area contributed by atoms with Crippen molar-refractivity contribution in [2.45, 2.75) is 32.1 Å². The fourth-order valence-corrected chi connectivity index (χ4v) is 1.47. The van der Waals surface area contributed by atoms with Crippen LogP contribution in [0, 0.1) is 0 Å². The molecule has 0 heterocycles. The molecular weight excluding hydrogens is 163 g/mol. The third-order valence-electron chi connectivity index (χ3n) is 1.55. The largest absolute Gasteiger partial charge is 0.396 e. The van der Waals surface area contributed by atoms with Crippen molar-refractivity contribution in [1.82, 2.24) is 0 Å². The molecule has 0 bridgehead atoms. The molecule has 0 saturated carbocycles. The first-order chi connectivity index (χ1) is 5.27. The third kappa shape index (κ3) is 10.2. The van der Waals surface area contributed by atoms with Crippen LogP contribution in [0.2, 0.25) is 0 Å². The number of aliphatic hydroxyl groups is 1. The van der Waals surface area contributed by atoms with Crippen LogP contribution in [0.3, 0.4) is 0 Å². The van der Waals surface area contributed by atoms with Crippen LogP contribution in [-0.4, -0.2) is 22.8 Å². The van der Waals surface area contributed by atoms with Gasteiger partial charge in [-0.1, -0.05) is 19.3 Å². The van der Waals surface area contributed by atoms with Crippen molar-refractivity contribution in [3.05, 3.63) is 0 Å². The van der Waals surface area contributed by atoms with Gasteiger partial charge < -0.3 is 10.00 Å². The number of unbranched alkanes of at least 4 members (excludes halogenated alkanes) is 4. The van der Waals surface area contributed by atoms with E-state index >= 15 is 0 Å². The second kappa shape index (κ2) is 8.25. The fourth-order valence-electron chi connectivity index (χ4n) is 0.918. The van der Waals surface area contributed by atoms with Gasteiger partial charge in [0.1, 0.15) is 0 Å². The van der Waals surface area contributed by atoms with Gasteiger partial charge in [-0.05, 0) is 12.8 Å². The maximum absolute atomic E-state index is 10.2. The average Bonchev–Trinajstić information content (AvgIpc) is 1.96. The Kier molecular flexibility index (Phi) is 8.36. The molecule has 3 nitrogen and oxygen atoms in total. The van der Waals surface area contributed by atoms with E-state index in [1.165, 1.54) is 0 Å². The summed E-state index contributed by atoms with van der Waals surface area (Å²) in [4.78, 5) is 8.46. The lowest BCUT2D eigenvalue weighted by molar-refractivity contribution is 0.282. The van der Waals surface area contributed by atoms with Gasteiger partial charge in [0.25, 0.3) is 0 Å². The van der Waals surface area contributed by atoms with Crippen molar-refractivity contribution in [1.29, 1.82) is 0 Å². The van der Waals surface area contributed by atoms with Crippen molar-refractivity contribution in [2.75, 3.05) is 12.8 Å². The molecule has 2 N–H and O–H groups in total. The Morgan fingerprint density at radius 2 is 1.55 bits per heavy atom. The van der Waals surface area contributed by atoms with Crippen LogP contribution in [0.5, 0.6) is 0 Å². The molecule has 11 heavy (non-hydrogen) atoms. The summed E-state index contributed by atoms with van der Waals surface area (Å²) in [5.74, 6) is 0. The van der Waals surface area contributed by atoms with Crippen LogP contribution in [-0.2, 0) is 4.57 Å². The molecule has 0 aliphatic heterocycles. The minimum atomic E-state index is -2.23. The molecule has 0 aromatic heterocycles. The molecule has 0 saturated heterocycles. The molecule has 0 spiro atoms. The molecule has 0 radical (unpaired) electrons. The van der Waals surface area contributed by atoms with Crippen LogP contribution in [0.1, 0.15) is 32.1 Å². The lowest BCUT2D eigenvalue weighted by atomic mass is 10.2. The summed E-state index contributed by atoms with van der Waals surface area (Å²) in [5, 5.41) is 8.43. The van der Waals surface area contributed by atoms with Gasteiger partial charge >= 0.3 is 0 Å². The van der Waals surface area contributed by atoms with Crippen molar-refractivity contribution in [2.24, 2.45) is 0 Å². The summed E-state index contributed by atoms with van der Waals surface area (Å²) in [6, 6.07) is 0. The number of aliphatic hydroxyl groups excluding tert-OH is 1. The van der Waals surface area contributed by atoms with Crippen molar-refractivity contribution >= 4 is 8.03 Å². The molecule has 0 fully saturated rings. The summed E-state index contributed by atoms with van der Waals surface area (Å²) in [5.41, 5.74) is 0. The summed E-state index contributed by atoms with van der Waals surface area (Å²) in [7, 11) is -2.23. The van der Waals surface area contributed by atoms with Crippen LogP contribution < -0.4 is 0 Å². The van der Waals surface area contributed by atoms with Gasteiger partial charge in [-0.15, -0.1) is 0 Å². The van der Waals surface area contributed by atoms with E-state index in [1.54, 1.807) is 0 Å². The molecule has 0 amide bonds. The molecule has 0 aliphatic carbocycles. The van der Waals surface area contributed by atoms with E-state index in [2.05, 4.69) is 0 Å². The second-order valence-corrected chi connectivity index (χ2v) is 3.92. The molecular formula is C7H17O3P. The minimum absolute atomic E-state index is 0.261. The molecule has 68 valence electrons. The van der Waals surface area contributed by atoms with E-state index in [1.807, 2.05) is 0 Å². The van der Waals surface area contributed by atoms with Crippen LogP contribution in [0.25, 0.3) is 0 Å². The van der Waals surface area contributed by atoms with E-state index in [0.29, 0.717) is 6.16 Å². The molecule has 1 unspecified atom stereocenters. The Balaban J connectivity index is 2.85. The SMILES string of the molecule is O=[PH](O)CCCCCCCO. The first-order valence-corrected chi connectivity index (χ1v) is 5.66. The van der Waals surface area contributed by atoms with Gasteiger partial charge in [-0.25, -0.2) is 0 Å². The highest BCUT2D eigenvalue weighted by Gasteiger charge is 1.93. The normalized spacial score (nSPS) is 13.3. The molecule has 1 atom stereocenters.